The van der Waals surface area contributed by atoms with Crippen LogP contribution in [-0.4, -0.2) is 21.5 Å². The Morgan fingerprint density at radius 3 is 2.77 bits per heavy atom. The summed E-state index contributed by atoms with van der Waals surface area (Å²) in [5.41, 5.74) is 2.52. The molecule has 0 aliphatic carbocycles. The molecule has 2 aromatic heterocycles. The van der Waals surface area contributed by atoms with Crippen molar-refractivity contribution in [2.24, 2.45) is 0 Å². The van der Waals surface area contributed by atoms with E-state index in [1.807, 2.05) is 37.3 Å². The maximum Gasteiger partial charge on any atom is 0.222 e. The Bertz CT molecular complexity index is 741. The van der Waals surface area contributed by atoms with E-state index >= 15 is 0 Å². The molecular weight excluding hydrogens is 339 g/mol. The van der Waals surface area contributed by atoms with Crippen LogP contribution in [0.5, 0.6) is 0 Å². The Balaban J connectivity index is 2.16. The first-order valence-electron chi connectivity index (χ1n) is 6.67. The van der Waals surface area contributed by atoms with Gasteiger partial charge in [0.2, 0.25) is 5.28 Å². The summed E-state index contributed by atoms with van der Waals surface area (Å²) in [4.78, 5) is 13.8. The second-order valence-corrected chi connectivity index (χ2v) is 6.22. The monoisotopic (exact) mass is 350 g/mol. The van der Waals surface area contributed by atoms with Gasteiger partial charge in [-0.15, -0.1) is 0 Å². The molecular formula is C15H12Cl2N4S. The van der Waals surface area contributed by atoms with Crippen LogP contribution in [0.1, 0.15) is 6.92 Å². The Hall–Kier alpha value is -1.69. The first-order valence-corrected chi connectivity index (χ1v) is 8.24. The highest BCUT2D eigenvalue weighted by Gasteiger charge is 2.16. The van der Waals surface area contributed by atoms with Crippen molar-refractivity contribution < 1.29 is 0 Å². The lowest BCUT2D eigenvalue weighted by Gasteiger charge is -2.02. The lowest BCUT2D eigenvalue weighted by molar-refractivity contribution is 1.17. The van der Waals surface area contributed by atoms with Crippen LogP contribution in [0.3, 0.4) is 0 Å². The van der Waals surface area contributed by atoms with Gasteiger partial charge in [0, 0.05) is 23.3 Å². The second-order valence-electron chi connectivity index (χ2n) is 4.45. The predicted octanol–water partition coefficient (Wildman–Crippen LogP) is 5.01. The fraction of sp³-hybridized carbons (Fsp3) is 0.133. The molecule has 0 saturated carbocycles. The van der Waals surface area contributed by atoms with Gasteiger partial charge in [-0.1, -0.05) is 35.1 Å². The fourth-order valence-electron chi connectivity index (χ4n) is 2.01. The van der Waals surface area contributed by atoms with Crippen molar-refractivity contribution in [2.45, 2.75) is 6.92 Å². The fourth-order valence-corrected chi connectivity index (χ4v) is 3.38. The minimum Gasteiger partial charge on any atom is -0.362 e. The van der Waals surface area contributed by atoms with Gasteiger partial charge in [-0.05, 0) is 36.7 Å². The Morgan fingerprint density at radius 1 is 1.18 bits per heavy atom. The summed E-state index contributed by atoms with van der Waals surface area (Å²) in [6.07, 6.45) is 1.64. The standard InChI is InChI=1S/C15H12Cl2N4S/c1-2-18-15-21-12(9-4-3-5-10(16)8-9)13(22-15)11-6-7-19-14(17)20-11/h3-8H,2H2,1H3,(H,18,21). The van der Waals surface area contributed by atoms with E-state index in [0.717, 1.165) is 33.5 Å². The van der Waals surface area contributed by atoms with E-state index in [9.17, 15) is 0 Å². The molecule has 7 heteroatoms. The minimum atomic E-state index is 0.216. The lowest BCUT2D eigenvalue weighted by atomic mass is 10.1. The molecule has 0 atom stereocenters. The number of nitrogens with one attached hydrogen (secondary N) is 1. The Morgan fingerprint density at radius 2 is 2.05 bits per heavy atom. The molecule has 22 heavy (non-hydrogen) atoms. The third-order valence-electron chi connectivity index (χ3n) is 2.91. The van der Waals surface area contributed by atoms with Gasteiger partial charge < -0.3 is 5.32 Å². The van der Waals surface area contributed by atoms with E-state index in [1.165, 1.54) is 11.3 Å². The van der Waals surface area contributed by atoms with Gasteiger partial charge in [0.15, 0.2) is 5.13 Å². The molecule has 0 bridgehead atoms. The molecule has 3 rings (SSSR count). The van der Waals surface area contributed by atoms with Crippen LogP contribution in [0.2, 0.25) is 10.3 Å². The van der Waals surface area contributed by atoms with Gasteiger partial charge >= 0.3 is 0 Å². The van der Waals surface area contributed by atoms with E-state index in [-0.39, 0.29) is 5.28 Å². The zero-order valence-corrected chi connectivity index (χ0v) is 14.0. The lowest BCUT2D eigenvalue weighted by Crippen LogP contribution is -1.94. The number of hydrogen-bond donors (Lipinski definition) is 1. The number of benzene rings is 1. The molecule has 0 unspecified atom stereocenters. The first-order chi connectivity index (χ1) is 10.7. The Kier molecular flexibility index (Phi) is 4.57. The summed E-state index contributed by atoms with van der Waals surface area (Å²) in [7, 11) is 0. The van der Waals surface area contributed by atoms with Crippen molar-refractivity contribution in [3.8, 4) is 21.8 Å². The van der Waals surface area contributed by atoms with Crippen LogP contribution in [0.25, 0.3) is 21.8 Å². The van der Waals surface area contributed by atoms with Crippen molar-refractivity contribution in [1.82, 2.24) is 15.0 Å². The third kappa shape index (κ3) is 3.21. The number of rotatable bonds is 4. The molecule has 0 spiro atoms. The van der Waals surface area contributed by atoms with Gasteiger partial charge in [-0.3, -0.25) is 0 Å². The van der Waals surface area contributed by atoms with Gasteiger partial charge in [-0.25, -0.2) is 15.0 Å². The first kappa shape index (κ1) is 15.2. The topological polar surface area (TPSA) is 50.7 Å². The van der Waals surface area contributed by atoms with E-state index in [4.69, 9.17) is 23.2 Å². The third-order valence-corrected chi connectivity index (χ3v) is 4.36. The highest BCUT2D eigenvalue weighted by molar-refractivity contribution is 7.19. The van der Waals surface area contributed by atoms with E-state index in [0.29, 0.717) is 5.02 Å². The van der Waals surface area contributed by atoms with Crippen LogP contribution >= 0.6 is 34.5 Å². The SMILES string of the molecule is CCNc1nc(-c2cccc(Cl)c2)c(-c2ccnc(Cl)n2)s1. The number of thiazole rings is 1. The molecule has 0 aliphatic rings. The van der Waals surface area contributed by atoms with Gasteiger partial charge in [0.05, 0.1) is 16.3 Å². The zero-order valence-electron chi connectivity index (χ0n) is 11.7. The van der Waals surface area contributed by atoms with E-state index < -0.39 is 0 Å². The quantitative estimate of drug-likeness (QED) is 0.672. The van der Waals surface area contributed by atoms with Gasteiger partial charge in [0.25, 0.3) is 0 Å². The molecule has 0 radical (unpaired) electrons. The summed E-state index contributed by atoms with van der Waals surface area (Å²) in [5, 5.41) is 4.95. The van der Waals surface area contributed by atoms with Crippen molar-refractivity contribution in [3.63, 3.8) is 0 Å². The molecule has 0 aliphatic heterocycles. The predicted molar refractivity (Wildman–Crippen MR) is 92.8 cm³/mol. The number of halogens is 2. The average molecular weight is 351 g/mol. The molecule has 1 aromatic carbocycles. The van der Waals surface area contributed by atoms with Crippen LogP contribution in [0, 0.1) is 0 Å². The molecule has 2 heterocycles. The summed E-state index contributed by atoms with van der Waals surface area (Å²) >= 11 is 13.5. The van der Waals surface area contributed by atoms with Crippen molar-refractivity contribution in [1.29, 1.82) is 0 Å². The summed E-state index contributed by atoms with van der Waals surface area (Å²) < 4.78 is 0. The van der Waals surface area contributed by atoms with Crippen LogP contribution in [0.4, 0.5) is 5.13 Å². The highest BCUT2D eigenvalue weighted by Crippen LogP contribution is 2.38. The van der Waals surface area contributed by atoms with E-state index in [2.05, 4.69) is 20.3 Å². The molecule has 0 amide bonds. The number of aromatic nitrogens is 3. The minimum absolute atomic E-state index is 0.216. The van der Waals surface area contributed by atoms with Gasteiger partial charge in [-0.2, -0.15) is 0 Å². The normalized spacial score (nSPS) is 10.7. The molecule has 0 saturated heterocycles. The zero-order chi connectivity index (χ0) is 15.5. The smallest absolute Gasteiger partial charge is 0.222 e. The number of hydrogen-bond acceptors (Lipinski definition) is 5. The van der Waals surface area contributed by atoms with Gasteiger partial charge in [0.1, 0.15) is 0 Å². The molecule has 4 nitrogen and oxygen atoms in total. The van der Waals surface area contributed by atoms with Crippen LogP contribution < -0.4 is 5.32 Å². The van der Waals surface area contributed by atoms with E-state index in [1.54, 1.807) is 6.20 Å². The molecule has 1 N–H and O–H groups in total. The van der Waals surface area contributed by atoms with Crippen LogP contribution in [0.15, 0.2) is 36.5 Å². The molecule has 3 aromatic rings. The van der Waals surface area contributed by atoms with Crippen LogP contribution in [-0.2, 0) is 0 Å². The average Bonchev–Trinajstić information content (AvgIpc) is 2.92. The summed E-state index contributed by atoms with van der Waals surface area (Å²) in [6, 6.07) is 9.43. The summed E-state index contributed by atoms with van der Waals surface area (Å²) in [6.45, 7) is 2.83. The van der Waals surface area contributed by atoms with Crippen molar-refractivity contribution in [3.05, 3.63) is 46.8 Å². The largest absolute Gasteiger partial charge is 0.362 e. The van der Waals surface area contributed by atoms with Crippen molar-refractivity contribution in [2.75, 3.05) is 11.9 Å². The van der Waals surface area contributed by atoms with Crippen molar-refractivity contribution >= 4 is 39.7 Å². The maximum atomic E-state index is 6.10. The number of anilines is 1. The highest BCUT2D eigenvalue weighted by atomic mass is 35.5. The Labute approximate surface area is 142 Å². The second kappa shape index (κ2) is 6.60. The molecule has 112 valence electrons. The number of nitrogens with zero attached hydrogens (tertiary/aromatic N) is 3. The summed E-state index contributed by atoms with van der Waals surface area (Å²) in [5.74, 6) is 0. The maximum absolute atomic E-state index is 6.10. The molecule has 0 fully saturated rings.